The van der Waals surface area contributed by atoms with Crippen LogP contribution in [0.25, 0.3) is 10.9 Å². The minimum Gasteiger partial charge on any atom is -0.382 e. The van der Waals surface area contributed by atoms with E-state index in [-0.39, 0.29) is 0 Å². The van der Waals surface area contributed by atoms with Gasteiger partial charge in [-0.3, -0.25) is 9.88 Å². The SMILES string of the molecule is Cc1cc(NC2CCN(Cc3ccc(Cl)cc3)CC2)c2ccccc2n1. The van der Waals surface area contributed by atoms with Gasteiger partial charge in [-0.1, -0.05) is 41.9 Å². The number of anilines is 1. The lowest BCUT2D eigenvalue weighted by Crippen LogP contribution is -2.38. The number of likely N-dealkylation sites (tertiary alicyclic amines) is 1. The molecule has 0 amide bonds. The summed E-state index contributed by atoms with van der Waals surface area (Å²) in [5, 5.41) is 5.78. The lowest BCUT2D eigenvalue weighted by Gasteiger charge is -2.33. The molecule has 26 heavy (non-hydrogen) atoms. The first-order valence-corrected chi connectivity index (χ1v) is 9.65. The van der Waals surface area contributed by atoms with Gasteiger partial charge < -0.3 is 5.32 Å². The van der Waals surface area contributed by atoms with Crippen molar-refractivity contribution in [3.63, 3.8) is 0 Å². The van der Waals surface area contributed by atoms with Gasteiger partial charge >= 0.3 is 0 Å². The van der Waals surface area contributed by atoms with Gasteiger partial charge in [0.1, 0.15) is 0 Å². The Kier molecular flexibility index (Phi) is 5.09. The van der Waals surface area contributed by atoms with Crippen LogP contribution < -0.4 is 5.32 Å². The van der Waals surface area contributed by atoms with E-state index in [0.29, 0.717) is 6.04 Å². The molecule has 1 fully saturated rings. The fourth-order valence-electron chi connectivity index (χ4n) is 3.73. The van der Waals surface area contributed by atoms with Gasteiger partial charge in [0.2, 0.25) is 0 Å². The van der Waals surface area contributed by atoms with Crippen LogP contribution in [0.2, 0.25) is 5.02 Å². The molecule has 0 spiro atoms. The van der Waals surface area contributed by atoms with Crippen LogP contribution in [-0.4, -0.2) is 29.0 Å². The maximum Gasteiger partial charge on any atom is 0.0725 e. The molecule has 0 radical (unpaired) electrons. The molecule has 4 rings (SSSR count). The smallest absolute Gasteiger partial charge is 0.0725 e. The highest BCUT2D eigenvalue weighted by molar-refractivity contribution is 6.30. The summed E-state index contributed by atoms with van der Waals surface area (Å²) < 4.78 is 0. The number of aryl methyl sites for hydroxylation is 1. The molecule has 2 heterocycles. The number of nitrogens with one attached hydrogen (secondary N) is 1. The van der Waals surface area contributed by atoms with Crippen LogP contribution in [0.3, 0.4) is 0 Å². The molecule has 1 aliphatic rings. The Labute approximate surface area is 160 Å². The van der Waals surface area contributed by atoms with E-state index in [1.54, 1.807) is 0 Å². The van der Waals surface area contributed by atoms with Crippen LogP contribution in [-0.2, 0) is 6.54 Å². The molecule has 4 heteroatoms. The Morgan fingerprint density at radius 1 is 1.08 bits per heavy atom. The van der Waals surface area contributed by atoms with Crippen molar-refractivity contribution in [2.75, 3.05) is 18.4 Å². The van der Waals surface area contributed by atoms with Gasteiger partial charge in [-0.2, -0.15) is 0 Å². The summed E-state index contributed by atoms with van der Waals surface area (Å²) in [6.45, 7) is 5.29. The van der Waals surface area contributed by atoms with Crippen molar-refractivity contribution in [2.45, 2.75) is 32.4 Å². The fourth-order valence-corrected chi connectivity index (χ4v) is 3.86. The van der Waals surface area contributed by atoms with Crippen molar-refractivity contribution in [1.82, 2.24) is 9.88 Å². The van der Waals surface area contributed by atoms with Crippen LogP contribution in [0.5, 0.6) is 0 Å². The number of rotatable bonds is 4. The minimum atomic E-state index is 0.515. The highest BCUT2D eigenvalue weighted by Crippen LogP contribution is 2.26. The molecule has 0 atom stereocenters. The zero-order valence-electron chi connectivity index (χ0n) is 15.1. The Bertz CT molecular complexity index is 884. The minimum absolute atomic E-state index is 0.515. The standard InChI is InChI=1S/C22H24ClN3/c1-16-14-22(20-4-2-3-5-21(20)24-16)25-19-10-12-26(13-11-19)15-17-6-8-18(23)9-7-17/h2-9,14,19H,10-13,15H2,1H3,(H,24,25). The molecular weight excluding hydrogens is 342 g/mol. The lowest BCUT2D eigenvalue weighted by molar-refractivity contribution is 0.211. The van der Waals surface area contributed by atoms with Gasteiger partial charge in [0, 0.05) is 47.5 Å². The third-order valence-electron chi connectivity index (χ3n) is 5.11. The van der Waals surface area contributed by atoms with Crippen LogP contribution in [0.1, 0.15) is 24.1 Å². The third kappa shape index (κ3) is 4.00. The highest BCUT2D eigenvalue weighted by atomic mass is 35.5. The largest absolute Gasteiger partial charge is 0.382 e. The zero-order chi connectivity index (χ0) is 17.9. The summed E-state index contributed by atoms with van der Waals surface area (Å²) in [4.78, 5) is 7.16. The normalized spacial score (nSPS) is 16.1. The third-order valence-corrected chi connectivity index (χ3v) is 5.36. The number of nitrogens with zero attached hydrogens (tertiary/aromatic N) is 2. The molecule has 3 nitrogen and oxygen atoms in total. The number of fused-ring (bicyclic) bond motifs is 1. The van der Waals surface area contributed by atoms with Gasteiger partial charge in [0.15, 0.2) is 0 Å². The Morgan fingerprint density at radius 2 is 1.81 bits per heavy atom. The lowest BCUT2D eigenvalue weighted by atomic mass is 10.0. The van der Waals surface area contributed by atoms with Crippen molar-refractivity contribution in [3.8, 4) is 0 Å². The van der Waals surface area contributed by atoms with Crippen molar-refractivity contribution >= 4 is 28.2 Å². The van der Waals surface area contributed by atoms with Crippen LogP contribution in [0.4, 0.5) is 5.69 Å². The van der Waals surface area contributed by atoms with E-state index in [9.17, 15) is 0 Å². The molecule has 0 unspecified atom stereocenters. The predicted octanol–water partition coefficient (Wildman–Crippen LogP) is 5.27. The second-order valence-electron chi connectivity index (χ2n) is 7.15. The van der Waals surface area contributed by atoms with Crippen molar-refractivity contribution in [2.24, 2.45) is 0 Å². The number of piperidine rings is 1. The summed E-state index contributed by atoms with van der Waals surface area (Å²) in [7, 11) is 0. The molecule has 1 N–H and O–H groups in total. The van der Waals surface area contributed by atoms with E-state index in [4.69, 9.17) is 11.6 Å². The van der Waals surface area contributed by atoms with Crippen LogP contribution in [0, 0.1) is 6.92 Å². The van der Waals surface area contributed by atoms with Gasteiger partial charge in [-0.15, -0.1) is 0 Å². The molecule has 1 aromatic heterocycles. The molecule has 0 aliphatic carbocycles. The molecule has 2 aromatic carbocycles. The molecular formula is C22H24ClN3. The molecule has 3 aromatic rings. The summed E-state index contributed by atoms with van der Waals surface area (Å²) in [5.41, 5.74) is 4.67. The maximum atomic E-state index is 5.98. The topological polar surface area (TPSA) is 28.2 Å². The first-order chi connectivity index (χ1) is 12.7. The first-order valence-electron chi connectivity index (χ1n) is 9.27. The fraction of sp³-hybridized carbons (Fsp3) is 0.318. The Hall–Kier alpha value is -2.10. The predicted molar refractivity (Wildman–Crippen MR) is 110 cm³/mol. The second kappa shape index (κ2) is 7.65. The van der Waals surface area contributed by atoms with Gasteiger partial charge in [0.05, 0.1) is 5.52 Å². The van der Waals surface area contributed by atoms with Gasteiger partial charge in [-0.25, -0.2) is 0 Å². The quantitative estimate of drug-likeness (QED) is 0.682. The number of hydrogen-bond donors (Lipinski definition) is 1. The number of benzene rings is 2. The van der Waals surface area contributed by atoms with E-state index in [1.807, 2.05) is 18.2 Å². The summed E-state index contributed by atoms with van der Waals surface area (Å²) in [6, 6.07) is 19.3. The summed E-state index contributed by atoms with van der Waals surface area (Å²) in [5.74, 6) is 0. The number of pyridine rings is 1. The monoisotopic (exact) mass is 365 g/mol. The average molecular weight is 366 g/mol. The number of para-hydroxylation sites is 1. The second-order valence-corrected chi connectivity index (χ2v) is 7.59. The molecule has 0 bridgehead atoms. The van der Waals surface area contributed by atoms with Crippen molar-refractivity contribution < 1.29 is 0 Å². The van der Waals surface area contributed by atoms with E-state index in [1.165, 1.54) is 16.6 Å². The van der Waals surface area contributed by atoms with Crippen LogP contribution >= 0.6 is 11.6 Å². The Balaban J connectivity index is 1.39. The summed E-state index contributed by atoms with van der Waals surface area (Å²) in [6.07, 6.45) is 2.31. The molecule has 1 saturated heterocycles. The van der Waals surface area contributed by atoms with E-state index >= 15 is 0 Å². The molecule has 1 aliphatic heterocycles. The first kappa shape index (κ1) is 17.3. The zero-order valence-corrected chi connectivity index (χ0v) is 15.8. The van der Waals surface area contributed by atoms with E-state index in [0.717, 1.165) is 48.7 Å². The average Bonchev–Trinajstić information content (AvgIpc) is 2.65. The maximum absolute atomic E-state index is 5.98. The molecule has 134 valence electrons. The number of halogens is 1. The van der Waals surface area contributed by atoms with E-state index < -0.39 is 0 Å². The summed E-state index contributed by atoms with van der Waals surface area (Å²) >= 11 is 5.98. The Morgan fingerprint density at radius 3 is 2.58 bits per heavy atom. The van der Waals surface area contributed by atoms with Crippen LogP contribution in [0.15, 0.2) is 54.6 Å². The highest BCUT2D eigenvalue weighted by Gasteiger charge is 2.20. The van der Waals surface area contributed by atoms with Crippen molar-refractivity contribution in [3.05, 3.63) is 70.9 Å². The van der Waals surface area contributed by atoms with E-state index in [2.05, 4.69) is 58.5 Å². The molecule has 0 saturated carbocycles. The van der Waals surface area contributed by atoms with Crippen molar-refractivity contribution in [1.29, 1.82) is 0 Å². The number of aromatic nitrogens is 1. The van der Waals surface area contributed by atoms with Gasteiger partial charge in [-0.05, 0) is 49.6 Å². The number of hydrogen-bond acceptors (Lipinski definition) is 3. The van der Waals surface area contributed by atoms with Gasteiger partial charge in [0.25, 0.3) is 0 Å².